The number of nitrogens with zero attached hydrogens (tertiary/aromatic N) is 2. The Morgan fingerprint density at radius 3 is 2.58 bits per heavy atom. The Morgan fingerprint density at radius 1 is 1.32 bits per heavy atom. The Kier molecular flexibility index (Phi) is 3.85. The maximum Gasteiger partial charge on any atom is 0.258 e. The van der Waals surface area contributed by atoms with E-state index >= 15 is 0 Å². The number of halogens is 1. The molecule has 4 nitrogen and oxygen atoms in total. The molecule has 2 N–H and O–H groups in total. The fourth-order valence-electron chi connectivity index (χ4n) is 1.79. The van der Waals surface area contributed by atoms with Crippen LogP contribution in [0, 0.1) is 6.92 Å². The SMILES string of the molecule is Cc1c(N)cc(Br)cc1C(=O)N(C)c1ccncc1. The van der Waals surface area contributed by atoms with E-state index in [0.29, 0.717) is 11.3 Å². The van der Waals surface area contributed by atoms with Crippen LogP contribution >= 0.6 is 15.9 Å². The van der Waals surface area contributed by atoms with Crippen molar-refractivity contribution in [1.82, 2.24) is 4.98 Å². The lowest BCUT2D eigenvalue weighted by Gasteiger charge is -2.19. The summed E-state index contributed by atoms with van der Waals surface area (Å²) in [5.74, 6) is -0.100. The van der Waals surface area contributed by atoms with Crippen LogP contribution in [0.3, 0.4) is 0 Å². The number of anilines is 2. The van der Waals surface area contributed by atoms with Crippen molar-refractivity contribution in [2.75, 3.05) is 17.7 Å². The second kappa shape index (κ2) is 5.40. The molecule has 0 aliphatic rings. The highest BCUT2D eigenvalue weighted by Gasteiger charge is 2.17. The molecule has 1 aromatic heterocycles. The topological polar surface area (TPSA) is 59.2 Å². The van der Waals surface area contributed by atoms with E-state index in [1.165, 1.54) is 0 Å². The van der Waals surface area contributed by atoms with Gasteiger partial charge in [0.1, 0.15) is 0 Å². The van der Waals surface area contributed by atoms with Crippen LogP contribution in [0.25, 0.3) is 0 Å². The first-order valence-electron chi connectivity index (χ1n) is 5.74. The molecule has 0 aliphatic carbocycles. The van der Waals surface area contributed by atoms with Crippen molar-refractivity contribution >= 4 is 33.2 Å². The number of nitrogen functional groups attached to an aromatic ring is 1. The molecule has 1 heterocycles. The number of hydrogen-bond acceptors (Lipinski definition) is 3. The molecule has 0 unspecified atom stereocenters. The molecule has 0 saturated heterocycles. The van der Waals surface area contributed by atoms with E-state index in [1.54, 1.807) is 48.6 Å². The minimum absolute atomic E-state index is 0.100. The van der Waals surface area contributed by atoms with Crippen molar-refractivity contribution in [3.8, 4) is 0 Å². The van der Waals surface area contributed by atoms with Gasteiger partial charge in [0.2, 0.25) is 0 Å². The molecule has 1 amide bonds. The van der Waals surface area contributed by atoms with Crippen molar-refractivity contribution < 1.29 is 4.79 Å². The lowest BCUT2D eigenvalue weighted by Crippen LogP contribution is -2.27. The molecular weight excluding hydrogens is 306 g/mol. The number of nitrogens with two attached hydrogens (primary N) is 1. The smallest absolute Gasteiger partial charge is 0.258 e. The number of benzene rings is 1. The predicted octanol–water partition coefficient (Wildman–Crippen LogP) is 3.01. The van der Waals surface area contributed by atoms with Gasteiger partial charge in [0.05, 0.1) is 0 Å². The number of carbonyl (C=O) groups is 1. The van der Waals surface area contributed by atoms with Gasteiger partial charge in [-0.1, -0.05) is 15.9 Å². The standard InChI is InChI=1S/C14H14BrN3O/c1-9-12(7-10(15)8-13(9)16)14(19)18(2)11-3-5-17-6-4-11/h3-8H,16H2,1-2H3. The van der Waals surface area contributed by atoms with Crippen LogP contribution in [-0.2, 0) is 0 Å². The van der Waals surface area contributed by atoms with Gasteiger partial charge in [0.15, 0.2) is 0 Å². The molecule has 2 rings (SSSR count). The number of carbonyl (C=O) groups excluding carboxylic acids is 1. The number of pyridine rings is 1. The number of aromatic nitrogens is 1. The summed E-state index contributed by atoms with van der Waals surface area (Å²) >= 11 is 3.36. The average Bonchev–Trinajstić information content (AvgIpc) is 2.42. The van der Waals surface area contributed by atoms with Crippen molar-refractivity contribution in [2.24, 2.45) is 0 Å². The van der Waals surface area contributed by atoms with Crippen molar-refractivity contribution in [1.29, 1.82) is 0 Å². The number of hydrogen-bond donors (Lipinski definition) is 1. The zero-order valence-electron chi connectivity index (χ0n) is 10.7. The van der Waals surface area contributed by atoms with E-state index in [9.17, 15) is 4.79 Å². The molecule has 1 aromatic carbocycles. The highest BCUT2D eigenvalue weighted by molar-refractivity contribution is 9.10. The fraction of sp³-hybridized carbons (Fsp3) is 0.143. The molecule has 0 aliphatic heterocycles. The largest absolute Gasteiger partial charge is 0.398 e. The molecular formula is C14H14BrN3O. The molecule has 0 saturated carbocycles. The second-order valence-electron chi connectivity index (χ2n) is 4.24. The van der Waals surface area contributed by atoms with Crippen molar-refractivity contribution in [2.45, 2.75) is 6.92 Å². The molecule has 0 atom stereocenters. The van der Waals surface area contributed by atoms with Crippen LogP contribution in [-0.4, -0.2) is 17.9 Å². The van der Waals surface area contributed by atoms with E-state index in [2.05, 4.69) is 20.9 Å². The summed E-state index contributed by atoms with van der Waals surface area (Å²) in [6.45, 7) is 1.84. The highest BCUT2D eigenvalue weighted by Crippen LogP contribution is 2.25. The van der Waals surface area contributed by atoms with Gasteiger partial charge in [0.25, 0.3) is 5.91 Å². The van der Waals surface area contributed by atoms with E-state index < -0.39 is 0 Å². The van der Waals surface area contributed by atoms with Crippen LogP contribution < -0.4 is 10.6 Å². The van der Waals surface area contributed by atoms with Crippen LogP contribution in [0.15, 0.2) is 41.1 Å². The zero-order chi connectivity index (χ0) is 14.0. The Balaban J connectivity index is 2.40. The Morgan fingerprint density at radius 2 is 1.95 bits per heavy atom. The van der Waals surface area contributed by atoms with Gasteiger partial charge in [0, 0.05) is 40.9 Å². The van der Waals surface area contributed by atoms with Gasteiger partial charge in [-0.25, -0.2) is 0 Å². The normalized spacial score (nSPS) is 10.3. The molecule has 0 spiro atoms. The van der Waals surface area contributed by atoms with E-state index in [1.807, 2.05) is 6.92 Å². The first-order chi connectivity index (χ1) is 9.00. The van der Waals surface area contributed by atoms with E-state index in [4.69, 9.17) is 5.73 Å². The predicted molar refractivity (Wildman–Crippen MR) is 80.3 cm³/mol. The number of rotatable bonds is 2. The molecule has 0 radical (unpaired) electrons. The molecule has 2 aromatic rings. The third kappa shape index (κ3) is 2.76. The average molecular weight is 320 g/mol. The Hall–Kier alpha value is -1.88. The van der Waals surface area contributed by atoms with Gasteiger partial charge in [-0.3, -0.25) is 9.78 Å². The first-order valence-corrected chi connectivity index (χ1v) is 6.53. The maximum absolute atomic E-state index is 12.5. The lowest BCUT2D eigenvalue weighted by atomic mass is 10.1. The molecule has 5 heteroatoms. The quantitative estimate of drug-likeness (QED) is 0.865. The van der Waals surface area contributed by atoms with Crippen LogP contribution in [0.2, 0.25) is 0 Å². The summed E-state index contributed by atoms with van der Waals surface area (Å²) in [5, 5.41) is 0. The zero-order valence-corrected chi connectivity index (χ0v) is 12.3. The molecule has 0 bridgehead atoms. The first kappa shape index (κ1) is 13.5. The van der Waals surface area contributed by atoms with Crippen molar-refractivity contribution in [3.63, 3.8) is 0 Å². The summed E-state index contributed by atoms with van der Waals surface area (Å²) in [7, 11) is 1.73. The molecule has 19 heavy (non-hydrogen) atoms. The number of amides is 1. The van der Waals surface area contributed by atoms with Crippen LogP contribution in [0.5, 0.6) is 0 Å². The summed E-state index contributed by atoms with van der Waals surface area (Å²) in [4.78, 5) is 18.0. The van der Waals surface area contributed by atoms with Crippen molar-refractivity contribution in [3.05, 3.63) is 52.3 Å². The third-order valence-electron chi connectivity index (χ3n) is 3.00. The highest BCUT2D eigenvalue weighted by atomic mass is 79.9. The summed E-state index contributed by atoms with van der Waals surface area (Å²) in [5.41, 5.74) is 8.65. The second-order valence-corrected chi connectivity index (χ2v) is 5.15. The maximum atomic E-state index is 12.5. The third-order valence-corrected chi connectivity index (χ3v) is 3.46. The lowest BCUT2D eigenvalue weighted by molar-refractivity contribution is 0.0992. The minimum atomic E-state index is -0.100. The molecule has 98 valence electrons. The van der Waals surface area contributed by atoms with Crippen LogP contribution in [0.4, 0.5) is 11.4 Å². The Bertz CT molecular complexity index is 614. The summed E-state index contributed by atoms with van der Waals surface area (Å²) in [6.07, 6.45) is 3.31. The minimum Gasteiger partial charge on any atom is -0.398 e. The van der Waals surface area contributed by atoms with Gasteiger partial charge in [-0.2, -0.15) is 0 Å². The van der Waals surface area contributed by atoms with Crippen LogP contribution in [0.1, 0.15) is 15.9 Å². The summed E-state index contributed by atoms with van der Waals surface area (Å²) in [6, 6.07) is 7.15. The van der Waals surface area contributed by atoms with Gasteiger partial charge < -0.3 is 10.6 Å². The van der Waals surface area contributed by atoms with E-state index in [0.717, 1.165) is 15.7 Å². The van der Waals surface area contributed by atoms with Gasteiger partial charge in [-0.05, 0) is 36.8 Å². The molecule has 0 fully saturated rings. The van der Waals surface area contributed by atoms with Gasteiger partial charge >= 0.3 is 0 Å². The Labute approximate surface area is 120 Å². The fourth-order valence-corrected chi connectivity index (χ4v) is 2.26. The van der Waals surface area contributed by atoms with E-state index in [-0.39, 0.29) is 5.91 Å². The summed E-state index contributed by atoms with van der Waals surface area (Å²) < 4.78 is 0.794. The monoisotopic (exact) mass is 319 g/mol. The van der Waals surface area contributed by atoms with Gasteiger partial charge in [-0.15, -0.1) is 0 Å².